The normalized spacial score (nSPS) is 15.3. The minimum atomic E-state index is -0.237. The maximum absolute atomic E-state index is 13.5. The number of benzene rings is 4. The largest absolute Gasteiger partial charge is 0.453 e. The molecule has 2 aliphatic rings. The first-order chi connectivity index (χ1) is 15.1. The van der Waals surface area contributed by atoms with Gasteiger partial charge in [0.15, 0.2) is 17.3 Å². The van der Waals surface area contributed by atoms with Crippen LogP contribution in [0.4, 0.5) is 17.1 Å². The van der Waals surface area contributed by atoms with E-state index < -0.39 is 0 Å². The maximum atomic E-state index is 13.5. The summed E-state index contributed by atoms with van der Waals surface area (Å²) in [4.78, 5) is 15.7. The lowest BCUT2D eigenvalue weighted by Gasteiger charge is -2.36. The van der Waals surface area contributed by atoms with Crippen LogP contribution >= 0.6 is 0 Å². The Morgan fingerprint density at radius 3 is 1.97 bits per heavy atom. The quantitative estimate of drug-likeness (QED) is 0.298. The van der Waals surface area contributed by atoms with Crippen molar-refractivity contribution in [2.24, 2.45) is 0 Å². The molecule has 0 unspecified atom stereocenters. The molecular formula is C28H21NO2. The van der Waals surface area contributed by atoms with Gasteiger partial charge in [-0.2, -0.15) is 0 Å². The van der Waals surface area contributed by atoms with Gasteiger partial charge in [0.05, 0.1) is 11.4 Å². The van der Waals surface area contributed by atoms with Crippen molar-refractivity contribution in [3.05, 3.63) is 113 Å². The van der Waals surface area contributed by atoms with E-state index in [0.29, 0.717) is 0 Å². The highest BCUT2D eigenvalue weighted by atomic mass is 16.5. The van der Waals surface area contributed by atoms with Gasteiger partial charge in [-0.3, -0.25) is 4.79 Å². The number of ether oxygens (including phenoxy) is 1. The molecule has 1 heterocycles. The van der Waals surface area contributed by atoms with Gasteiger partial charge < -0.3 is 9.64 Å². The Balaban J connectivity index is 1.57. The van der Waals surface area contributed by atoms with Crippen LogP contribution in [0.3, 0.4) is 0 Å². The van der Waals surface area contributed by atoms with E-state index in [9.17, 15) is 4.79 Å². The van der Waals surface area contributed by atoms with Crippen molar-refractivity contribution < 1.29 is 9.53 Å². The van der Waals surface area contributed by atoms with E-state index >= 15 is 0 Å². The second-order valence-corrected chi connectivity index (χ2v) is 8.60. The summed E-state index contributed by atoms with van der Waals surface area (Å²) >= 11 is 0. The van der Waals surface area contributed by atoms with Gasteiger partial charge in [0, 0.05) is 22.2 Å². The average Bonchev–Trinajstić information content (AvgIpc) is 2.81. The van der Waals surface area contributed by atoms with E-state index in [1.165, 1.54) is 0 Å². The average molecular weight is 403 g/mol. The predicted octanol–water partition coefficient (Wildman–Crippen LogP) is 7.13. The Morgan fingerprint density at radius 2 is 1.26 bits per heavy atom. The molecule has 150 valence electrons. The summed E-state index contributed by atoms with van der Waals surface area (Å²) in [5, 5.41) is 0. The molecule has 0 N–H and O–H groups in total. The Bertz CT molecular complexity index is 1320. The summed E-state index contributed by atoms with van der Waals surface area (Å²) in [7, 11) is 0. The summed E-state index contributed by atoms with van der Waals surface area (Å²) in [5.41, 5.74) is 6.34. The lowest BCUT2D eigenvalue weighted by Crippen LogP contribution is -2.30. The van der Waals surface area contributed by atoms with Gasteiger partial charge >= 0.3 is 0 Å². The summed E-state index contributed by atoms with van der Waals surface area (Å²) in [6.45, 7) is 4.38. The number of fused-ring (bicyclic) bond motifs is 4. The fourth-order valence-corrected chi connectivity index (χ4v) is 4.90. The van der Waals surface area contributed by atoms with Crippen molar-refractivity contribution >= 4 is 22.8 Å². The summed E-state index contributed by atoms with van der Waals surface area (Å²) < 4.78 is 6.13. The molecule has 1 aliphatic carbocycles. The van der Waals surface area contributed by atoms with Gasteiger partial charge in [0.2, 0.25) is 0 Å². The molecule has 0 aromatic heterocycles. The number of ketones is 1. The smallest absolute Gasteiger partial charge is 0.193 e. The molecule has 0 fully saturated rings. The van der Waals surface area contributed by atoms with Crippen LogP contribution in [-0.4, -0.2) is 5.78 Å². The van der Waals surface area contributed by atoms with Crippen molar-refractivity contribution in [1.82, 2.24) is 0 Å². The highest BCUT2D eigenvalue weighted by Gasteiger charge is 2.37. The van der Waals surface area contributed by atoms with E-state index in [0.717, 1.165) is 50.8 Å². The van der Waals surface area contributed by atoms with E-state index in [4.69, 9.17) is 4.74 Å². The highest BCUT2D eigenvalue weighted by Crippen LogP contribution is 2.51. The van der Waals surface area contributed by atoms with E-state index in [1.54, 1.807) is 0 Å². The molecule has 4 aromatic carbocycles. The molecule has 0 bridgehead atoms. The highest BCUT2D eigenvalue weighted by molar-refractivity contribution is 6.13. The number of rotatable bonds is 1. The Labute approximate surface area is 181 Å². The number of para-hydroxylation sites is 4. The lowest BCUT2D eigenvalue weighted by molar-refractivity contribution is 0.103. The molecule has 6 rings (SSSR count). The summed E-state index contributed by atoms with van der Waals surface area (Å²) in [5.74, 6) is 1.69. The minimum absolute atomic E-state index is 0.0848. The molecule has 4 aromatic rings. The van der Waals surface area contributed by atoms with Crippen molar-refractivity contribution in [2.45, 2.75) is 19.3 Å². The zero-order valence-corrected chi connectivity index (χ0v) is 17.4. The van der Waals surface area contributed by atoms with Gasteiger partial charge in [0.1, 0.15) is 0 Å². The number of anilines is 3. The Hall–Kier alpha value is -3.85. The van der Waals surface area contributed by atoms with Gasteiger partial charge in [-0.15, -0.1) is 0 Å². The van der Waals surface area contributed by atoms with Crippen LogP contribution in [0.15, 0.2) is 91.0 Å². The van der Waals surface area contributed by atoms with E-state index in [1.807, 2.05) is 72.8 Å². The molecule has 0 atom stereocenters. The van der Waals surface area contributed by atoms with Crippen LogP contribution in [0.25, 0.3) is 0 Å². The number of nitrogens with zero attached hydrogens (tertiary/aromatic N) is 1. The van der Waals surface area contributed by atoms with Gasteiger partial charge in [-0.1, -0.05) is 68.4 Å². The third-order valence-corrected chi connectivity index (χ3v) is 6.46. The third-order valence-electron chi connectivity index (χ3n) is 6.46. The first-order valence-electron chi connectivity index (χ1n) is 10.5. The first-order valence-corrected chi connectivity index (χ1v) is 10.5. The number of carbonyl (C=O) groups is 1. The molecule has 1 aliphatic heterocycles. The van der Waals surface area contributed by atoms with E-state index in [-0.39, 0.29) is 11.2 Å². The van der Waals surface area contributed by atoms with Crippen LogP contribution in [0.5, 0.6) is 11.5 Å². The molecule has 3 nitrogen and oxygen atoms in total. The zero-order chi connectivity index (χ0) is 21.2. The van der Waals surface area contributed by atoms with Crippen LogP contribution in [0.2, 0.25) is 0 Å². The number of carbonyl (C=O) groups excluding carboxylic acids is 1. The maximum Gasteiger partial charge on any atom is 0.193 e. The van der Waals surface area contributed by atoms with Crippen LogP contribution in [0, 0.1) is 0 Å². The predicted molar refractivity (Wildman–Crippen MR) is 123 cm³/mol. The van der Waals surface area contributed by atoms with Gasteiger partial charge in [-0.05, 0) is 47.5 Å². The van der Waals surface area contributed by atoms with E-state index in [2.05, 4.69) is 36.9 Å². The first kappa shape index (κ1) is 18.0. The van der Waals surface area contributed by atoms with Gasteiger partial charge in [0.25, 0.3) is 0 Å². The molecule has 0 saturated heterocycles. The summed E-state index contributed by atoms with van der Waals surface area (Å²) in [6.07, 6.45) is 0. The fraction of sp³-hybridized carbons (Fsp3) is 0.107. The second kappa shape index (κ2) is 6.32. The SMILES string of the molecule is CC1(C)c2ccccc2C(=O)c2cc(N3c4ccccc4Oc4ccccc43)ccc21. The van der Waals surface area contributed by atoms with Crippen molar-refractivity contribution in [3.8, 4) is 11.5 Å². The van der Waals surface area contributed by atoms with Crippen molar-refractivity contribution in [3.63, 3.8) is 0 Å². The fourth-order valence-electron chi connectivity index (χ4n) is 4.90. The van der Waals surface area contributed by atoms with Crippen LogP contribution in [-0.2, 0) is 5.41 Å². The third kappa shape index (κ3) is 2.50. The monoisotopic (exact) mass is 403 g/mol. The molecule has 0 radical (unpaired) electrons. The zero-order valence-electron chi connectivity index (χ0n) is 17.4. The molecule has 31 heavy (non-hydrogen) atoms. The number of hydrogen-bond acceptors (Lipinski definition) is 3. The van der Waals surface area contributed by atoms with Crippen molar-refractivity contribution in [2.75, 3.05) is 4.90 Å². The molecule has 3 heteroatoms. The van der Waals surface area contributed by atoms with Crippen LogP contribution < -0.4 is 9.64 Å². The molecular weight excluding hydrogens is 382 g/mol. The molecule has 0 saturated carbocycles. The van der Waals surface area contributed by atoms with Gasteiger partial charge in [-0.25, -0.2) is 0 Å². The van der Waals surface area contributed by atoms with Crippen molar-refractivity contribution in [1.29, 1.82) is 0 Å². The lowest BCUT2D eigenvalue weighted by atomic mass is 9.68. The standard InChI is InChI=1S/C28H21NO2/c1-28(2)21-10-4-3-9-19(21)27(30)20-17-18(15-16-22(20)28)29-23-11-5-7-13-25(23)31-26-14-8-6-12-24(26)29/h3-17H,1-2H3. The Kier molecular flexibility index (Phi) is 3.66. The van der Waals surface area contributed by atoms with Crippen LogP contribution in [0.1, 0.15) is 40.9 Å². The second-order valence-electron chi connectivity index (χ2n) is 8.60. The minimum Gasteiger partial charge on any atom is -0.453 e. The topological polar surface area (TPSA) is 29.5 Å². The Morgan fingerprint density at radius 1 is 0.677 bits per heavy atom. The molecule has 0 spiro atoms. The number of hydrogen-bond donors (Lipinski definition) is 0. The summed E-state index contributed by atoms with van der Waals surface area (Å²) in [6, 6.07) is 30.2. The molecule has 0 amide bonds.